The summed E-state index contributed by atoms with van der Waals surface area (Å²) in [5.74, 6) is 0. The maximum absolute atomic E-state index is 10.1. The SMILES string of the molecule is CC(C)(C)[Si](C)(C)OC[C@@H]1O[C@H](OCc2ccccc2)C=C[C@@H]1O. The van der Waals surface area contributed by atoms with Gasteiger partial charge in [-0.25, -0.2) is 0 Å². The molecule has 0 bridgehead atoms. The highest BCUT2D eigenvalue weighted by molar-refractivity contribution is 6.74. The molecule has 0 fully saturated rings. The van der Waals surface area contributed by atoms with Crippen LogP contribution in [-0.4, -0.2) is 38.5 Å². The minimum absolute atomic E-state index is 0.131. The van der Waals surface area contributed by atoms with Crippen LogP contribution < -0.4 is 0 Å². The summed E-state index contributed by atoms with van der Waals surface area (Å²) in [5.41, 5.74) is 1.09. The van der Waals surface area contributed by atoms with Gasteiger partial charge >= 0.3 is 0 Å². The van der Waals surface area contributed by atoms with E-state index in [1.807, 2.05) is 30.3 Å². The smallest absolute Gasteiger partial charge is 0.192 e. The zero-order valence-corrected chi connectivity index (χ0v) is 16.4. The molecule has 3 atom stereocenters. The fourth-order valence-electron chi connectivity index (χ4n) is 2.12. The second kappa shape index (κ2) is 7.93. The minimum Gasteiger partial charge on any atom is -0.414 e. The first kappa shape index (κ1) is 19.3. The molecular formula is C19H30O4Si. The molecule has 1 aliphatic heterocycles. The van der Waals surface area contributed by atoms with Gasteiger partial charge in [-0.2, -0.15) is 0 Å². The molecular weight excluding hydrogens is 320 g/mol. The van der Waals surface area contributed by atoms with Crippen molar-refractivity contribution in [2.24, 2.45) is 0 Å². The summed E-state index contributed by atoms with van der Waals surface area (Å²) < 4.78 is 17.8. The third-order valence-electron chi connectivity index (χ3n) is 4.83. The van der Waals surface area contributed by atoms with Gasteiger partial charge in [0.15, 0.2) is 14.6 Å². The van der Waals surface area contributed by atoms with E-state index < -0.39 is 26.8 Å². The van der Waals surface area contributed by atoms with E-state index in [1.165, 1.54) is 0 Å². The number of aliphatic hydroxyl groups is 1. The van der Waals surface area contributed by atoms with E-state index in [1.54, 1.807) is 12.2 Å². The standard InChI is InChI=1S/C19H30O4Si/c1-19(2,3)24(4,5)22-14-17-16(20)11-12-18(23-17)21-13-15-9-7-6-8-10-15/h6-12,16-18,20H,13-14H2,1-5H3/t16-,17-,18-/m0/s1. The van der Waals surface area contributed by atoms with Crippen LogP contribution >= 0.6 is 0 Å². The molecule has 134 valence electrons. The summed E-state index contributed by atoms with van der Waals surface area (Å²) in [6.45, 7) is 11.8. The van der Waals surface area contributed by atoms with Gasteiger partial charge in [0.2, 0.25) is 0 Å². The highest BCUT2D eigenvalue weighted by atomic mass is 28.4. The van der Waals surface area contributed by atoms with Gasteiger partial charge in [0, 0.05) is 0 Å². The van der Waals surface area contributed by atoms with Crippen LogP contribution in [0.4, 0.5) is 0 Å². The van der Waals surface area contributed by atoms with Crippen molar-refractivity contribution in [2.45, 2.75) is 64.0 Å². The first-order chi connectivity index (χ1) is 11.2. The van der Waals surface area contributed by atoms with Crippen molar-refractivity contribution in [3.05, 3.63) is 48.0 Å². The van der Waals surface area contributed by atoms with Crippen molar-refractivity contribution in [2.75, 3.05) is 6.61 Å². The number of rotatable bonds is 6. The summed E-state index contributed by atoms with van der Waals surface area (Å²) in [5, 5.41) is 10.3. The van der Waals surface area contributed by atoms with Crippen molar-refractivity contribution < 1.29 is 19.0 Å². The average Bonchev–Trinajstić information content (AvgIpc) is 2.53. The van der Waals surface area contributed by atoms with Gasteiger partial charge in [0.05, 0.1) is 13.2 Å². The Morgan fingerprint density at radius 1 is 1.12 bits per heavy atom. The molecule has 1 aromatic rings. The molecule has 1 N–H and O–H groups in total. The van der Waals surface area contributed by atoms with E-state index in [-0.39, 0.29) is 5.04 Å². The molecule has 0 saturated heterocycles. The molecule has 0 unspecified atom stereocenters. The van der Waals surface area contributed by atoms with Crippen LogP contribution in [0.25, 0.3) is 0 Å². The highest BCUT2D eigenvalue weighted by Crippen LogP contribution is 2.36. The average molecular weight is 351 g/mol. The fourth-order valence-corrected chi connectivity index (χ4v) is 3.13. The zero-order valence-electron chi connectivity index (χ0n) is 15.4. The molecule has 24 heavy (non-hydrogen) atoms. The van der Waals surface area contributed by atoms with Crippen LogP contribution in [0.1, 0.15) is 26.3 Å². The zero-order chi connectivity index (χ0) is 17.8. The van der Waals surface area contributed by atoms with Crippen molar-refractivity contribution in [3.8, 4) is 0 Å². The topological polar surface area (TPSA) is 47.9 Å². The first-order valence-electron chi connectivity index (χ1n) is 8.50. The van der Waals surface area contributed by atoms with Gasteiger partial charge in [-0.05, 0) is 29.8 Å². The Kier molecular flexibility index (Phi) is 6.39. The van der Waals surface area contributed by atoms with E-state index in [2.05, 4.69) is 33.9 Å². The molecule has 1 aromatic carbocycles. The molecule has 1 aliphatic rings. The Morgan fingerprint density at radius 2 is 1.79 bits per heavy atom. The van der Waals surface area contributed by atoms with Gasteiger partial charge in [-0.3, -0.25) is 0 Å². The molecule has 0 aliphatic carbocycles. The Balaban J connectivity index is 1.87. The second-order valence-corrected chi connectivity index (χ2v) is 12.6. The third kappa shape index (κ3) is 5.26. The van der Waals surface area contributed by atoms with E-state index in [9.17, 15) is 5.11 Å². The van der Waals surface area contributed by atoms with Gasteiger partial charge in [0.25, 0.3) is 0 Å². The molecule has 0 radical (unpaired) electrons. The van der Waals surface area contributed by atoms with Crippen molar-refractivity contribution in [1.29, 1.82) is 0 Å². The number of hydrogen-bond donors (Lipinski definition) is 1. The summed E-state index contributed by atoms with van der Waals surface area (Å²) in [7, 11) is -1.87. The number of aliphatic hydroxyl groups excluding tert-OH is 1. The Bertz CT molecular complexity index is 536. The van der Waals surface area contributed by atoms with Crippen molar-refractivity contribution >= 4 is 8.32 Å². The van der Waals surface area contributed by atoms with Gasteiger partial charge in [-0.1, -0.05) is 57.2 Å². The summed E-state index contributed by atoms with van der Waals surface area (Å²) in [6, 6.07) is 9.97. The lowest BCUT2D eigenvalue weighted by molar-refractivity contribution is -0.183. The molecule has 0 amide bonds. The normalized spacial score (nSPS) is 25.0. The van der Waals surface area contributed by atoms with E-state index in [4.69, 9.17) is 13.9 Å². The molecule has 5 heteroatoms. The number of hydrogen-bond acceptors (Lipinski definition) is 4. The monoisotopic (exact) mass is 350 g/mol. The Labute approximate surface area is 146 Å². The largest absolute Gasteiger partial charge is 0.414 e. The number of benzene rings is 1. The lowest BCUT2D eigenvalue weighted by Crippen LogP contribution is -2.46. The molecule has 0 spiro atoms. The molecule has 2 rings (SSSR count). The van der Waals surface area contributed by atoms with Crippen molar-refractivity contribution in [3.63, 3.8) is 0 Å². The van der Waals surface area contributed by atoms with Crippen LogP contribution in [0.5, 0.6) is 0 Å². The first-order valence-corrected chi connectivity index (χ1v) is 11.4. The number of ether oxygens (including phenoxy) is 2. The maximum atomic E-state index is 10.1. The summed E-state index contributed by atoms with van der Waals surface area (Å²) in [4.78, 5) is 0. The van der Waals surface area contributed by atoms with Crippen LogP contribution in [0, 0.1) is 0 Å². The quantitative estimate of drug-likeness (QED) is 0.625. The van der Waals surface area contributed by atoms with Gasteiger partial charge in [0.1, 0.15) is 12.2 Å². The molecule has 0 saturated carbocycles. The van der Waals surface area contributed by atoms with Crippen molar-refractivity contribution in [1.82, 2.24) is 0 Å². The summed E-state index contributed by atoms with van der Waals surface area (Å²) >= 11 is 0. The van der Waals surface area contributed by atoms with Crippen LogP contribution in [-0.2, 0) is 20.5 Å². The third-order valence-corrected chi connectivity index (χ3v) is 9.33. The fraction of sp³-hybridized carbons (Fsp3) is 0.579. The predicted octanol–water partition coefficient (Wildman–Crippen LogP) is 3.87. The predicted molar refractivity (Wildman–Crippen MR) is 98.2 cm³/mol. The van der Waals surface area contributed by atoms with Gasteiger partial charge < -0.3 is 19.0 Å². The maximum Gasteiger partial charge on any atom is 0.192 e. The van der Waals surface area contributed by atoms with E-state index in [0.29, 0.717) is 13.2 Å². The molecule has 1 heterocycles. The lowest BCUT2D eigenvalue weighted by atomic mass is 10.1. The Hall–Kier alpha value is -0.983. The van der Waals surface area contributed by atoms with Crippen LogP contribution in [0.2, 0.25) is 18.1 Å². The van der Waals surface area contributed by atoms with Gasteiger partial charge in [-0.15, -0.1) is 0 Å². The summed E-state index contributed by atoms with van der Waals surface area (Å²) in [6.07, 6.45) is 1.98. The van der Waals surface area contributed by atoms with Crippen LogP contribution in [0.15, 0.2) is 42.5 Å². The van der Waals surface area contributed by atoms with E-state index >= 15 is 0 Å². The molecule has 0 aromatic heterocycles. The van der Waals surface area contributed by atoms with E-state index in [0.717, 1.165) is 5.56 Å². The Morgan fingerprint density at radius 3 is 2.42 bits per heavy atom. The lowest BCUT2D eigenvalue weighted by Gasteiger charge is -2.38. The second-order valence-electron chi connectivity index (χ2n) is 7.79. The minimum atomic E-state index is -1.87. The highest BCUT2D eigenvalue weighted by Gasteiger charge is 2.38. The molecule has 4 nitrogen and oxygen atoms in total. The van der Waals surface area contributed by atoms with Crippen LogP contribution in [0.3, 0.4) is 0 Å².